The Morgan fingerprint density at radius 3 is 2.71 bits per heavy atom. The average Bonchev–Trinajstić information content (AvgIpc) is 2.28. The van der Waals surface area contributed by atoms with Crippen LogP contribution in [0.25, 0.3) is 0 Å². The van der Waals surface area contributed by atoms with Gasteiger partial charge in [-0.05, 0) is 0 Å². The van der Waals surface area contributed by atoms with Gasteiger partial charge in [0.1, 0.15) is 11.4 Å². The summed E-state index contributed by atoms with van der Waals surface area (Å²) >= 11 is 0. The average molecular weight is 239 g/mol. The van der Waals surface area contributed by atoms with E-state index in [1.165, 1.54) is 0 Å². The number of hydrogen-bond acceptors (Lipinski definition) is 5. The minimum absolute atomic E-state index is 0.0252. The molecule has 1 aliphatic heterocycles. The Kier molecular flexibility index (Phi) is 3.01. The van der Waals surface area contributed by atoms with Crippen molar-refractivity contribution in [2.45, 2.75) is 0 Å². The Morgan fingerprint density at radius 1 is 1.47 bits per heavy atom. The second kappa shape index (κ2) is 4.46. The number of carboxylic acids is 1. The Bertz CT molecular complexity index is 491. The lowest BCUT2D eigenvalue weighted by Crippen LogP contribution is -2.38. The van der Waals surface area contributed by atoms with Gasteiger partial charge in [-0.25, -0.2) is 4.79 Å². The van der Waals surface area contributed by atoms with Crippen LogP contribution in [0.4, 0.5) is 11.5 Å². The maximum atomic E-state index is 11.3. The molecule has 0 aromatic carbocycles. The van der Waals surface area contributed by atoms with Crippen LogP contribution in [0.15, 0.2) is 10.9 Å². The van der Waals surface area contributed by atoms with Gasteiger partial charge in [-0.15, -0.1) is 0 Å². The Labute approximate surface area is 96.8 Å². The maximum Gasteiger partial charge on any atom is 0.341 e. The smallest absolute Gasteiger partial charge is 0.341 e. The first-order valence-electron chi connectivity index (χ1n) is 5.18. The molecule has 0 radical (unpaired) electrons. The minimum Gasteiger partial charge on any atom is -0.477 e. The zero-order valence-corrected chi connectivity index (χ0v) is 9.10. The van der Waals surface area contributed by atoms with E-state index in [1.807, 2.05) is 0 Å². The van der Waals surface area contributed by atoms with E-state index >= 15 is 0 Å². The van der Waals surface area contributed by atoms with Crippen molar-refractivity contribution in [3.63, 3.8) is 0 Å². The molecule has 0 amide bonds. The van der Waals surface area contributed by atoms with Crippen molar-refractivity contribution in [2.75, 3.05) is 36.9 Å². The van der Waals surface area contributed by atoms with Crippen LogP contribution in [0.2, 0.25) is 0 Å². The van der Waals surface area contributed by atoms with Crippen molar-refractivity contribution in [3.05, 3.63) is 22.0 Å². The number of aromatic amines is 1. The predicted molar refractivity (Wildman–Crippen MR) is 61.5 cm³/mol. The Morgan fingerprint density at radius 2 is 2.12 bits per heavy atom. The topological polar surface area (TPSA) is 109 Å². The summed E-state index contributed by atoms with van der Waals surface area (Å²) in [7, 11) is 0. The van der Waals surface area contributed by atoms with Crippen molar-refractivity contribution < 1.29 is 14.6 Å². The van der Waals surface area contributed by atoms with Crippen molar-refractivity contribution in [1.29, 1.82) is 0 Å². The van der Waals surface area contributed by atoms with Crippen molar-refractivity contribution in [1.82, 2.24) is 4.98 Å². The third-order valence-corrected chi connectivity index (χ3v) is 2.59. The number of nitrogens with one attached hydrogen (secondary N) is 1. The molecule has 0 atom stereocenters. The summed E-state index contributed by atoms with van der Waals surface area (Å²) in [6.45, 7) is 2.05. The summed E-state index contributed by atoms with van der Waals surface area (Å²) in [6.07, 6.45) is 0. The summed E-state index contributed by atoms with van der Waals surface area (Å²) < 4.78 is 5.17. The number of nitrogens with two attached hydrogens (primary N) is 1. The van der Waals surface area contributed by atoms with E-state index in [-0.39, 0.29) is 17.1 Å². The fourth-order valence-electron chi connectivity index (χ4n) is 1.81. The van der Waals surface area contributed by atoms with Gasteiger partial charge in [-0.1, -0.05) is 0 Å². The van der Waals surface area contributed by atoms with Gasteiger partial charge in [0.15, 0.2) is 0 Å². The van der Waals surface area contributed by atoms with Crippen LogP contribution in [0.5, 0.6) is 0 Å². The van der Waals surface area contributed by atoms with E-state index in [1.54, 1.807) is 4.90 Å². The zero-order chi connectivity index (χ0) is 12.4. The van der Waals surface area contributed by atoms with Crippen molar-refractivity contribution in [2.24, 2.45) is 0 Å². The molecule has 0 aliphatic carbocycles. The number of anilines is 2. The van der Waals surface area contributed by atoms with Crippen LogP contribution in [-0.4, -0.2) is 42.4 Å². The quantitative estimate of drug-likeness (QED) is 0.641. The predicted octanol–water partition coefficient (Wildman–Crippen LogP) is -0.508. The third-order valence-electron chi connectivity index (χ3n) is 2.59. The first kappa shape index (κ1) is 11.5. The molecule has 0 unspecified atom stereocenters. The third kappa shape index (κ3) is 2.23. The second-order valence-electron chi connectivity index (χ2n) is 3.72. The summed E-state index contributed by atoms with van der Waals surface area (Å²) in [5, 5.41) is 9.11. The lowest BCUT2D eigenvalue weighted by molar-refractivity contribution is 0.0697. The molecule has 2 heterocycles. The molecule has 1 aromatic rings. The number of ether oxygens (including phenoxy) is 1. The van der Waals surface area contributed by atoms with Gasteiger partial charge in [-0.2, -0.15) is 0 Å². The molecule has 4 N–H and O–H groups in total. The van der Waals surface area contributed by atoms with Crippen LogP contribution in [0, 0.1) is 0 Å². The van der Waals surface area contributed by atoms with E-state index in [2.05, 4.69) is 4.98 Å². The normalized spacial score (nSPS) is 15.9. The first-order chi connectivity index (χ1) is 8.09. The SMILES string of the molecule is Nc1cc(=O)[nH]c(N2CCOCC2)c1C(=O)O. The number of aromatic carboxylic acids is 1. The monoisotopic (exact) mass is 239 g/mol. The Hall–Kier alpha value is -2.02. The van der Waals surface area contributed by atoms with Crippen LogP contribution < -0.4 is 16.2 Å². The highest BCUT2D eigenvalue weighted by Crippen LogP contribution is 2.22. The molecule has 0 spiro atoms. The fourth-order valence-corrected chi connectivity index (χ4v) is 1.81. The van der Waals surface area contributed by atoms with Crippen molar-refractivity contribution in [3.8, 4) is 0 Å². The van der Waals surface area contributed by atoms with E-state index in [0.29, 0.717) is 26.3 Å². The van der Waals surface area contributed by atoms with Crippen LogP contribution >= 0.6 is 0 Å². The number of hydrogen-bond donors (Lipinski definition) is 3. The molecule has 1 aliphatic rings. The van der Waals surface area contributed by atoms with Crippen LogP contribution in [-0.2, 0) is 4.74 Å². The van der Waals surface area contributed by atoms with E-state index in [4.69, 9.17) is 15.6 Å². The number of aromatic nitrogens is 1. The maximum absolute atomic E-state index is 11.3. The number of nitrogen functional groups attached to an aromatic ring is 1. The standard InChI is InChI=1S/C10H13N3O4/c11-6-5-7(14)12-9(8(6)10(15)16)13-1-3-17-4-2-13/h5H,1-4H2,(H,15,16)(H3,11,12,14). The molecule has 1 aromatic heterocycles. The van der Waals surface area contributed by atoms with Crippen molar-refractivity contribution >= 4 is 17.5 Å². The van der Waals surface area contributed by atoms with E-state index in [0.717, 1.165) is 6.07 Å². The van der Waals surface area contributed by atoms with Crippen LogP contribution in [0.3, 0.4) is 0 Å². The number of carboxylic acid groups (broad SMARTS) is 1. The van der Waals surface area contributed by atoms with E-state index < -0.39 is 11.5 Å². The second-order valence-corrected chi connectivity index (χ2v) is 3.72. The number of H-pyrrole nitrogens is 1. The summed E-state index contributed by atoms with van der Waals surface area (Å²) in [5.41, 5.74) is 5.07. The van der Waals surface area contributed by atoms with Gasteiger partial charge in [0.2, 0.25) is 0 Å². The fraction of sp³-hybridized carbons (Fsp3) is 0.400. The summed E-state index contributed by atoms with van der Waals surface area (Å²) in [4.78, 5) is 26.8. The molecular formula is C10H13N3O4. The van der Waals surface area contributed by atoms with Gasteiger partial charge >= 0.3 is 5.97 Å². The lowest BCUT2D eigenvalue weighted by Gasteiger charge is -2.29. The van der Waals surface area contributed by atoms with Gasteiger partial charge < -0.3 is 25.5 Å². The molecule has 17 heavy (non-hydrogen) atoms. The van der Waals surface area contributed by atoms with Gasteiger partial charge in [0.05, 0.1) is 18.9 Å². The number of carbonyl (C=O) groups is 1. The first-order valence-corrected chi connectivity index (χ1v) is 5.18. The molecular weight excluding hydrogens is 226 g/mol. The molecule has 7 heteroatoms. The van der Waals surface area contributed by atoms with Gasteiger partial charge in [0.25, 0.3) is 5.56 Å². The number of nitrogens with zero attached hydrogens (tertiary/aromatic N) is 1. The van der Waals surface area contributed by atoms with Gasteiger partial charge in [0, 0.05) is 19.2 Å². The largest absolute Gasteiger partial charge is 0.477 e. The molecule has 2 rings (SSSR count). The minimum atomic E-state index is -1.15. The van der Waals surface area contributed by atoms with Gasteiger partial charge in [-0.3, -0.25) is 4.79 Å². The summed E-state index contributed by atoms with van der Waals surface area (Å²) in [6, 6.07) is 1.08. The molecule has 0 saturated carbocycles. The molecule has 7 nitrogen and oxygen atoms in total. The molecule has 1 saturated heterocycles. The summed E-state index contributed by atoms with van der Waals surface area (Å²) in [5.74, 6) is -0.897. The van der Waals surface area contributed by atoms with E-state index in [9.17, 15) is 9.59 Å². The highest BCUT2D eigenvalue weighted by atomic mass is 16.5. The number of rotatable bonds is 2. The Balaban J connectivity index is 2.50. The zero-order valence-electron chi connectivity index (χ0n) is 9.10. The highest BCUT2D eigenvalue weighted by Gasteiger charge is 2.22. The van der Waals surface area contributed by atoms with Crippen LogP contribution in [0.1, 0.15) is 10.4 Å². The lowest BCUT2D eigenvalue weighted by atomic mass is 10.2. The number of morpholine rings is 1. The molecule has 1 fully saturated rings. The molecule has 0 bridgehead atoms. The molecule has 92 valence electrons. The number of pyridine rings is 1. The highest BCUT2D eigenvalue weighted by molar-refractivity contribution is 5.98.